The SMILES string of the molecule is COCCCCn1c(=O)oc2cc(N)ccc21. The summed E-state index contributed by atoms with van der Waals surface area (Å²) in [5.41, 5.74) is 7.57. The highest BCUT2D eigenvalue weighted by Crippen LogP contribution is 2.16. The van der Waals surface area contributed by atoms with Crippen LogP contribution in [0.4, 0.5) is 5.69 Å². The van der Waals surface area contributed by atoms with Crippen LogP contribution in [0.2, 0.25) is 0 Å². The second-order valence-corrected chi connectivity index (χ2v) is 3.95. The third-order valence-electron chi connectivity index (χ3n) is 2.67. The third-order valence-corrected chi connectivity index (χ3v) is 2.67. The maximum absolute atomic E-state index is 11.6. The normalized spacial score (nSPS) is 11.1. The molecule has 0 saturated carbocycles. The Labute approximate surface area is 98.8 Å². The van der Waals surface area contributed by atoms with Crippen LogP contribution in [0, 0.1) is 0 Å². The van der Waals surface area contributed by atoms with Crippen molar-refractivity contribution in [1.82, 2.24) is 4.57 Å². The molecular formula is C12H16N2O3. The van der Waals surface area contributed by atoms with Crippen LogP contribution < -0.4 is 11.5 Å². The van der Waals surface area contributed by atoms with E-state index in [-0.39, 0.29) is 5.76 Å². The molecule has 0 fully saturated rings. The Balaban J connectivity index is 2.21. The summed E-state index contributed by atoms with van der Waals surface area (Å²) < 4.78 is 11.7. The minimum Gasteiger partial charge on any atom is -0.408 e. The molecule has 2 rings (SSSR count). The number of ether oxygens (including phenoxy) is 1. The molecule has 1 aromatic heterocycles. The first-order valence-electron chi connectivity index (χ1n) is 5.60. The van der Waals surface area contributed by atoms with Crippen molar-refractivity contribution in [3.63, 3.8) is 0 Å². The molecule has 0 aliphatic heterocycles. The zero-order valence-electron chi connectivity index (χ0n) is 9.81. The van der Waals surface area contributed by atoms with E-state index >= 15 is 0 Å². The lowest BCUT2D eigenvalue weighted by Gasteiger charge is -2.02. The molecule has 0 saturated heterocycles. The maximum Gasteiger partial charge on any atom is 0.419 e. The fourth-order valence-corrected chi connectivity index (χ4v) is 1.81. The van der Waals surface area contributed by atoms with Crippen molar-refractivity contribution < 1.29 is 9.15 Å². The van der Waals surface area contributed by atoms with Crippen molar-refractivity contribution in [3.8, 4) is 0 Å². The van der Waals surface area contributed by atoms with Gasteiger partial charge in [-0.25, -0.2) is 4.79 Å². The highest BCUT2D eigenvalue weighted by Gasteiger charge is 2.08. The summed E-state index contributed by atoms with van der Waals surface area (Å²) in [7, 11) is 1.67. The summed E-state index contributed by atoms with van der Waals surface area (Å²) in [5.74, 6) is -0.331. The Morgan fingerprint density at radius 2 is 2.24 bits per heavy atom. The molecule has 92 valence electrons. The number of rotatable bonds is 5. The van der Waals surface area contributed by atoms with Gasteiger partial charge < -0.3 is 14.9 Å². The van der Waals surface area contributed by atoms with E-state index in [4.69, 9.17) is 14.9 Å². The van der Waals surface area contributed by atoms with Crippen molar-refractivity contribution >= 4 is 16.8 Å². The summed E-state index contributed by atoms with van der Waals surface area (Å²) in [6.45, 7) is 1.34. The number of aromatic nitrogens is 1. The van der Waals surface area contributed by atoms with Gasteiger partial charge in [0.15, 0.2) is 5.58 Å². The zero-order chi connectivity index (χ0) is 12.3. The first-order valence-corrected chi connectivity index (χ1v) is 5.60. The van der Waals surface area contributed by atoms with Crippen molar-refractivity contribution in [3.05, 3.63) is 28.7 Å². The Bertz CT molecular complexity index is 556. The van der Waals surface area contributed by atoms with Crippen LogP contribution in [0.1, 0.15) is 12.8 Å². The number of fused-ring (bicyclic) bond motifs is 1. The topological polar surface area (TPSA) is 70.4 Å². The predicted octanol–water partition coefficient (Wildman–Crippen LogP) is 1.60. The minimum absolute atomic E-state index is 0.331. The summed E-state index contributed by atoms with van der Waals surface area (Å²) >= 11 is 0. The Morgan fingerprint density at radius 3 is 3.00 bits per heavy atom. The first kappa shape index (κ1) is 11.7. The minimum atomic E-state index is -0.331. The van der Waals surface area contributed by atoms with Crippen LogP contribution >= 0.6 is 0 Å². The highest BCUT2D eigenvalue weighted by atomic mass is 16.5. The smallest absolute Gasteiger partial charge is 0.408 e. The number of unbranched alkanes of at least 4 members (excludes halogenated alkanes) is 1. The summed E-state index contributed by atoms with van der Waals surface area (Å²) in [6, 6.07) is 5.25. The Hall–Kier alpha value is -1.75. The molecule has 0 bridgehead atoms. The number of nitrogens with zero attached hydrogens (tertiary/aromatic N) is 1. The molecule has 0 aliphatic rings. The fraction of sp³-hybridized carbons (Fsp3) is 0.417. The molecule has 0 spiro atoms. The van der Waals surface area contributed by atoms with Gasteiger partial charge in [0.1, 0.15) is 0 Å². The zero-order valence-corrected chi connectivity index (χ0v) is 9.81. The monoisotopic (exact) mass is 236 g/mol. The standard InChI is InChI=1S/C12H16N2O3/c1-16-7-3-2-6-14-10-5-4-9(13)8-11(10)17-12(14)15/h4-5,8H,2-3,6-7,13H2,1H3. The van der Waals surface area contributed by atoms with Gasteiger partial charge in [0.2, 0.25) is 0 Å². The van der Waals surface area contributed by atoms with Gasteiger partial charge in [-0.15, -0.1) is 0 Å². The van der Waals surface area contributed by atoms with Crippen LogP contribution in [-0.4, -0.2) is 18.3 Å². The summed E-state index contributed by atoms with van der Waals surface area (Å²) in [4.78, 5) is 11.6. The molecule has 5 nitrogen and oxygen atoms in total. The number of nitrogen functional groups attached to an aromatic ring is 1. The van der Waals surface area contributed by atoms with E-state index < -0.39 is 0 Å². The molecule has 2 aromatic rings. The quantitative estimate of drug-likeness (QED) is 0.632. The number of oxazole rings is 1. The molecule has 17 heavy (non-hydrogen) atoms. The number of anilines is 1. The van der Waals surface area contributed by atoms with E-state index in [9.17, 15) is 4.79 Å². The van der Waals surface area contributed by atoms with E-state index in [0.29, 0.717) is 24.4 Å². The van der Waals surface area contributed by atoms with Gasteiger partial charge in [0, 0.05) is 32.0 Å². The van der Waals surface area contributed by atoms with Crippen LogP contribution in [0.3, 0.4) is 0 Å². The van der Waals surface area contributed by atoms with Crippen molar-refractivity contribution in [1.29, 1.82) is 0 Å². The number of hydrogen-bond donors (Lipinski definition) is 1. The van der Waals surface area contributed by atoms with E-state index in [1.807, 2.05) is 6.07 Å². The van der Waals surface area contributed by atoms with Crippen molar-refractivity contribution in [2.75, 3.05) is 19.5 Å². The van der Waals surface area contributed by atoms with Crippen LogP contribution in [0.25, 0.3) is 11.1 Å². The van der Waals surface area contributed by atoms with Gasteiger partial charge in [0.05, 0.1) is 5.52 Å². The first-order chi connectivity index (χ1) is 8.22. The lowest BCUT2D eigenvalue weighted by molar-refractivity contribution is 0.191. The van der Waals surface area contributed by atoms with E-state index in [1.54, 1.807) is 23.8 Å². The van der Waals surface area contributed by atoms with Gasteiger partial charge in [-0.2, -0.15) is 0 Å². The van der Waals surface area contributed by atoms with Gasteiger partial charge in [-0.3, -0.25) is 4.57 Å². The average molecular weight is 236 g/mol. The van der Waals surface area contributed by atoms with Crippen molar-refractivity contribution in [2.45, 2.75) is 19.4 Å². The molecule has 0 unspecified atom stereocenters. The molecular weight excluding hydrogens is 220 g/mol. The Morgan fingerprint density at radius 1 is 1.41 bits per heavy atom. The highest BCUT2D eigenvalue weighted by molar-refractivity contribution is 5.76. The van der Waals surface area contributed by atoms with Crippen LogP contribution in [0.5, 0.6) is 0 Å². The van der Waals surface area contributed by atoms with Crippen molar-refractivity contribution in [2.24, 2.45) is 0 Å². The second-order valence-electron chi connectivity index (χ2n) is 3.95. The molecule has 2 N–H and O–H groups in total. The van der Waals surface area contributed by atoms with Gasteiger partial charge in [-0.05, 0) is 25.0 Å². The van der Waals surface area contributed by atoms with Gasteiger partial charge in [-0.1, -0.05) is 0 Å². The lowest BCUT2D eigenvalue weighted by Crippen LogP contribution is -2.14. The number of benzene rings is 1. The second kappa shape index (κ2) is 5.05. The average Bonchev–Trinajstić information content (AvgIpc) is 2.60. The number of hydrogen-bond acceptors (Lipinski definition) is 4. The summed E-state index contributed by atoms with van der Waals surface area (Å²) in [5, 5.41) is 0. The lowest BCUT2D eigenvalue weighted by atomic mass is 10.2. The van der Waals surface area contributed by atoms with Gasteiger partial charge in [0.25, 0.3) is 0 Å². The van der Waals surface area contributed by atoms with Crippen LogP contribution in [0.15, 0.2) is 27.4 Å². The fourth-order valence-electron chi connectivity index (χ4n) is 1.81. The maximum atomic E-state index is 11.6. The predicted molar refractivity (Wildman–Crippen MR) is 66.0 cm³/mol. The van der Waals surface area contributed by atoms with E-state index in [2.05, 4.69) is 0 Å². The third kappa shape index (κ3) is 2.50. The molecule has 1 heterocycles. The number of nitrogens with two attached hydrogens (primary N) is 1. The molecule has 0 radical (unpaired) electrons. The molecule has 0 atom stereocenters. The van der Waals surface area contributed by atoms with Crippen LogP contribution in [-0.2, 0) is 11.3 Å². The molecule has 0 aliphatic carbocycles. The van der Waals surface area contributed by atoms with E-state index in [0.717, 1.165) is 18.4 Å². The Kier molecular flexibility index (Phi) is 3.49. The van der Waals surface area contributed by atoms with Gasteiger partial charge >= 0.3 is 5.76 Å². The summed E-state index contributed by atoms with van der Waals surface area (Å²) in [6.07, 6.45) is 1.80. The van der Waals surface area contributed by atoms with E-state index in [1.165, 1.54) is 0 Å². The molecule has 1 aromatic carbocycles. The largest absolute Gasteiger partial charge is 0.419 e. The molecule has 5 heteroatoms. The number of aryl methyl sites for hydroxylation is 1. The molecule has 0 amide bonds. The number of methoxy groups -OCH3 is 1.